The molecule has 0 bridgehead atoms. The van der Waals surface area contributed by atoms with Gasteiger partial charge >= 0.3 is 0 Å². The van der Waals surface area contributed by atoms with Crippen LogP contribution in [0.1, 0.15) is 26.3 Å². The first kappa shape index (κ1) is 12.9. The van der Waals surface area contributed by atoms with Crippen molar-refractivity contribution < 1.29 is 24.9 Å². The van der Waals surface area contributed by atoms with Crippen LogP contribution in [-0.4, -0.2) is 26.9 Å². The van der Waals surface area contributed by atoms with E-state index in [9.17, 15) is 24.9 Å². The van der Waals surface area contributed by atoms with Gasteiger partial charge in [-0.25, -0.2) is 0 Å². The highest BCUT2D eigenvalue weighted by molar-refractivity contribution is 6.41. The minimum atomic E-state index is -0.649. The number of carbonyl (C=O) groups excluding carboxylic acids is 2. The van der Waals surface area contributed by atoms with Gasteiger partial charge in [-0.2, -0.15) is 0 Å². The molecule has 0 saturated carbocycles. The van der Waals surface area contributed by atoms with Crippen LogP contribution in [0.5, 0.6) is 17.2 Å². The van der Waals surface area contributed by atoms with Crippen molar-refractivity contribution in [2.24, 2.45) is 0 Å². The van der Waals surface area contributed by atoms with Gasteiger partial charge in [-0.1, -0.05) is 24.3 Å². The van der Waals surface area contributed by atoms with E-state index < -0.39 is 28.8 Å². The van der Waals surface area contributed by atoms with Gasteiger partial charge in [0.2, 0.25) is 0 Å². The van der Waals surface area contributed by atoms with Crippen LogP contribution in [-0.2, 0) is 0 Å². The molecule has 2 aromatic carbocycles. The highest BCUT2D eigenvalue weighted by Gasteiger charge is 2.32. The first-order valence-electron chi connectivity index (χ1n) is 6.14. The summed E-state index contributed by atoms with van der Waals surface area (Å²) in [6.45, 7) is 0. The Balaban J connectivity index is 2.11. The fourth-order valence-electron chi connectivity index (χ4n) is 2.28. The maximum Gasteiger partial charge on any atom is 0.200 e. The van der Waals surface area contributed by atoms with Gasteiger partial charge in [-0.3, -0.25) is 9.59 Å². The monoisotopic (exact) mass is 282 g/mol. The Kier molecular flexibility index (Phi) is 2.76. The summed E-state index contributed by atoms with van der Waals surface area (Å²) in [6, 6.07) is 8.80. The summed E-state index contributed by atoms with van der Waals surface area (Å²) in [5, 5.41) is 28.2. The van der Waals surface area contributed by atoms with Gasteiger partial charge in [-0.15, -0.1) is 0 Å². The largest absolute Gasteiger partial charge is 0.504 e. The van der Waals surface area contributed by atoms with Crippen LogP contribution in [0.2, 0.25) is 0 Å². The fourth-order valence-corrected chi connectivity index (χ4v) is 2.28. The summed E-state index contributed by atoms with van der Waals surface area (Å²) in [5.74, 6) is -2.51. The molecule has 0 heterocycles. The second-order valence-electron chi connectivity index (χ2n) is 4.67. The molecule has 0 atom stereocenters. The number of benzene rings is 2. The molecule has 1 aliphatic rings. The predicted molar refractivity (Wildman–Crippen MR) is 74.5 cm³/mol. The molecule has 0 saturated heterocycles. The first-order chi connectivity index (χ1) is 9.99. The highest BCUT2D eigenvalue weighted by atomic mass is 16.3. The number of hydrogen-bond donors (Lipinski definition) is 3. The molecule has 5 nitrogen and oxygen atoms in total. The molecule has 3 rings (SSSR count). The molecule has 2 aromatic rings. The minimum absolute atomic E-state index is 0.0410. The predicted octanol–water partition coefficient (Wildman–Crippen LogP) is 2.27. The zero-order valence-electron chi connectivity index (χ0n) is 10.7. The highest BCUT2D eigenvalue weighted by Crippen LogP contribution is 2.37. The van der Waals surface area contributed by atoms with Crippen molar-refractivity contribution in [1.29, 1.82) is 0 Å². The number of Topliss-reactive ketones (excluding diaryl/α,β-unsaturated/α-hetero) is 2. The van der Waals surface area contributed by atoms with Gasteiger partial charge in [0.1, 0.15) is 0 Å². The molecule has 0 aromatic heterocycles. The maximum absolute atomic E-state index is 12.2. The summed E-state index contributed by atoms with van der Waals surface area (Å²) >= 11 is 0. The molecule has 0 aliphatic heterocycles. The van der Waals surface area contributed by atoms with Crippen LogP contribution in [0.15, 0.2) is 42.0 Å². The normalized spacial score (nSPS) is 13.4. The number of ketones is 2. The van der Waals surface area contributed by atoms with Crippen molar-refractivity contribution in [3.05, 3.63) is 58.7 Å². The van der Waals surface area contributed by atoms with E-state index in [1.165, 1.54) is 6.08 Å². The number of phenolic OH excluding ortho intramolecular Hbond substituents is 3. The molecule has 0 unspecified atom stereocenters. The second-order valence-corrected chi connectivity index (χ2v) is 4.67. The average Bonchev–Trinajstić information content (AvgIpc) is 2.70. The van der Waals surface area contributed by atoms with Crippen LogP contribution in [0.4, 0.5) is 0 Å². The molecule has 104 valence electrons. The van der Waals surface area contributed by atoms with Gasteiger partial charge in [-0.05, 0) is 23.8 Å². The van der Waals surface area contributed by atoms with Crippen LogP contribution < -0.4 is 0 Å². The van der Waals surface area contributed by atoms with E-state index in [4.69, 9.17) is 0 Å². The number of allylic oxidation sites excluding steroid dienone is 1. The molecule has 0 fully saturated rings. The van der Waals surface area contributed by atoms with Crippen molar-refractivity contribution in [2.75, 3.05) is 0 Å². The van der Waals surface area contributed by atoms with Gasteiger partial charge in [0.05, 0.1) is 5.57 Å². The molecule has 1 aliphatic carbocycles. The van der Waals surface area contributed by atoms with Gasteiger partial charge in [0.15, 0.2) is 28.8 Å². The van der Waals surface area contributed by atoms with Crippen molar-refractivity contribution in [1.82, 2.24) is 0 Å². The number of fused-ring (bicyclic) bond motifs is 1. The average molecular weight is 282 g/mol. The zero-order chi connectivity index (χ0) is 15.1. The molecule has 21 heavy (non-hydrogen) atoms. The van der Waals surface area contributed by atoms with Crippen molar-refractivity contribution >= 4 is 17.6 Å². The second kappa shape index (κ2) is 4.49. The summed E-state index contributed by atoms with van der Waals surface area (Å²) in [5.41, 5.74) is 0.870. The van der Waals surface area contributed by atoms with E-state index in [2.05, 4.69) is 0 Å². The summed E-state index contributed by atoms with van der Waals surface area (Å²) < 4.78 is 0. The topological polar surface area (TPSA) is 94.8 Å². The molecule has 0 amide bonds. The van der Waals surface area contributed by atoms with E-state index in [1.807, 2.05) is 0 Å². The van der Waals surface area contributed by atoms with Crippen LogP contribution in [0, 0.1) is 0 Å². The van der Waals surface area contributed by atoms with Crippen LogP contribution in [0.25, 0.3) is 6.08 Å². The third-order valence-corrected chi connectivity index (χ3v) is 3.31. The van der Waals surface area contributed by atoms with Crippen LogP contribution >= 0.6 is 0 Å². The Hall–Kier alpha value is -3.08. The molecule has 5 heteroatoms. The molecular weight excluding hydrogens is 272 g/mol. The van der Waals surface area contributed by atoms with E-state index in [0.29, 0.717) is 11.1 Å². The molecular formula is C16H10O5. The Bertz CT molecular complexity index is 757. The fraction of sp³-hybridized carbons (Fsp3) is 0. The van der Waals surface area contributed by atoms with Gasteiger partial charge < -0.3 is 15.3 Å². The Labute approximate surface area is 119 Å². The zero-order valence-corrected chi connectivity index (χ0v) is 10.7. The standard InChI is InChI=1S/C16H10O5/c17-12-6-8(7-13(18)16(12)21)5-11-14(19)9-3-1-2-4-10(9)15(11)20/h1-7,17-18,21H. The molecule has 0 spiro atoms. The minimum Gasteiger partial charge on any atom is -0.504 e. The summed E-state index contributed by atoms with van der Waals surface area (Å²) in [6.07, 6.45) is 1.28. The summed E-state index contributed by atoms with van der Waals surface area (Å²) in [4.78, 5) is 24.4. The Morgan fingerprint density at radius 2 is 1.29 bits per heavy atom. The lowest BCUT2D eigenvalue weighted by atomic mass is 10.1. The number of aromatic hydroxyl groups is 3. The van der Waals surface area contributed by atoms with E-state index >= 15 is 0 Å². The maximum atomic E-state index is 12.2. The SMILES string of the molecule is O=C1C(=Cc2cc(O)c(O)c(O)c2)C(=O)c2ccccc21. The van der Waals surface area contributed by atoms with Crippen molar-refractivity contribution in [3.8, 4) is 17.2 Å². The lowest BCUT2D eigenvalue weighted by molar-refractivity contribution is 0.0990. The molecule has 0 radical (unpaired) electrons. The van der Waals surface area contributed by atoms with E-state index in [0.717, 1.165) is 12.1 Å². The molecule has 3 N–H and O–H groups in total. The number of phenols is 3. The quantitative estimate of drug-likeness (QED) is 0.423. The summed E-state index contributed by atoms with van der Waals surface area (Å²) in [7, 11) is 0. The van der Waals surface area contributed by atoms with Gasteiger partial charge in [0, 0.05) is 11.1 Å². The Morgan fingerprint density at radius 1 is 0.810 bits per heavy atom. The lowest BCUT2D eigenvalue weighted by Gasteiger charge is -2.03. The van der Waals surface area contributed by atoms with E-state index in [1.54, 1.807) is 24.3 Å². The Morgan fingerprint density at radius 3 is 1.76 bits per heavy atom. The smallest absolute Gasteiger partial charge is 0.200 e. The number of rotatable bonds is 1. The number of hydrogen-bond acceptors (Lipinski definition) is 5. The van der Waals surface area contributed by atoms with Gasteiger partial charge in [0.25, 0.3) is 0 Å². The van der Waals surface area contributed by atoms with E-state index in [-0.39, 0.29) is 11.1 Å². The third kappa shape index (κ3) is 1.95. The first-order valence-corrected chi connectivity index (χ1v) is 6.14. The lowest BCUT2D eigenvalue weighted by Crippen LogP contribution is -2.00. The van der Waals surface area contributed by atoms with Crippen molar-refractivity contribution in [2.45, 2.75) is 0 Å². The van der Waals surface area contributed by atoms with Crippen molar-refractivity contribution in [3.63, 3.8) is 0 Å². The number of carbonyl (C=O) groups is 2. The van der Waals surface area contributed by atoms with Crippen LogP contribution in [0.3, 0.4) is 0 Å². The third-order valence-electron chi connectivity index (χ3n) is 3.31.